The molecule has 0 radical (unpaired) electrons. The first kappa shape index (κ1) is 17.4. The number of ether oxygens (including phenoxy) is 2. The highest BCUT2D eigenvalue weighted by molar-refractivity contribution is 5.73. The zero-order valence-electron chi connectivity index (χ0n) is 13.6. The maximum atomic E-state index is 11.7. The van der Waals surface area contributed by atoms with Crippen molar-refractivity contribution in [3.05, 3.63) is 24.3 Å². The van der Waals surface area contributed by atoms with Gasteiger partial charge < -0.3 is 25.4 Å². The van der Waals surface area contributed by atoms with Gasteiger partial charge in [0, 0.05) is 39.3 Å². The van der Waals surface area contributed by atoms with E-state index < -0.39 is 0 Å². The van der Waals surface area contributed by atoms with E-state index in [1.54, 1.807) is 0 Å². The lowest BCUT2D eigenvalue weighted by atomic mass is 10.3. The van der Waals surface area contributed by atoms with Gasteiger partial charge in [-0.15, -0.1) is 0 Å². The van der Waals surface area contributed by atoms with Crippen molar-refractivity contribution in [3.63, 3.8) is 0 Å². The molecule has 0 saturated carbocycles. The molecule has 0 atom stereocenters. The average Bonchev–Trinajstić information content (AvgIpc) is 2.58. The van der Waals surface area contributed by atoms with Crippen LogP contribution in [0.3, 0.4) is 0 Å². The van der Waals surface area contributed by atoms with Crippen molar-refractivity contribution < 1.29 is 14.3 Å². The van der Waals surface area contributed by atoms with Gasteiger partial charge in [-0.1, -0.05) is 0 Å². The van der Waals surface area contributed by atoms with Crippen molar-refractivity contribution in [2.75, 3.05) is 52.6 Å². The van der Waals surface area contributed by atoms with E-state index in [9.17, 15) is 4.79 Å². The standard InChI is InChI=1S/C16H26N4O3/c1-2-22-14-3-5-15(6-4-14)23-13-19-16(21)18-9-12-20-10-7-17-8-11-20/h3-6,17H,2,7-13H2,1H3,(H2,18,19,21). The van der Waals surface area contributed by atoms with Gasteiger partial charge >= 0.3 is 6.03 Å². The summed E-state index contributed by atoms with van der Waals surface area (Å²) in [5.41, 5.74) is 0. The number of hydrogen-bond donors (Lipinski definition) is 3. The average molecular weight is 322 g/mol. The van der Waals surface area contributed by atoms with Crippen molar-refractivity contribution in [3.8, 4) is 11.5 Å². The summed E-state index contributed by atoms with van der Waals surface area (Å²) in [4.78, 5) is 14.0. The van der Waals surface area contributed by atoms with Gasteiger partial charge in [0.25, 0.3) is 0 Å². The topological polar surface area (TPSA) is 74.9 Å². The second kappa shape index (κ2) is 9.91. The van der Waals surface area contributed by atoms with E-state index in [4.69, 9.17) is 9.47 Å². The number of urea groups is 1. The highest BCUT2D eigenvalue weighted by Crippen LogP contribution is 2.17. The largest absolute Gasteiger partial charge is 0.494 e. The summed E-state index contributed by atoms with van der Waals surface area (Å²) in [6, 6.07) is 7.09. The Hall–Kier alpha value is -1.99. The summed E-state index contributed by atoms with van der Waals surface area (Å²) in [6.07, 6.45) is 0. The SMILES string of the molecule is CCOc1ccc(OCNC(=O)NCCN2CCNCC2)cc1. The Balaban J connectivity index is 1.55. The summed E-state index contributed by atoms with van der Waals surface area (Å²) < 4.78 is 10.8. The molecule has 1 aliphatic heterocycles. The second-order valence-electron chi connectivity index (χ2n) is 5.22. The van der Waals surface area contributed by atoms with Gasteiger partial charge in [0.1, 0.15) is 11.5 Å². The molecule has 0 aromatic heterocycles. The van der Waals surface area contributed by atoms with Crippen LogP contribution in [0.2, 0.25) is 0 Å². The Morgan fingerprint density at radius 1 is 1.13 bits per heavy atom. The molecular formula is C16H26N4O3. The molecule has 7 heteroatoms. The van der Waals surface area contributed by atoms with Crippen LogP contribution in [0.5, 0.6) is 11.5 Å². The van der Waals surface area contributed by atoms with E-state index in [-0.39, 0.29) is 12.8 Å². The van der Waals surface area contributed by atoms with Gasteiger partial charge in [-0.2, -0.15) is 0 Å². The predicted octanol–water partition coefficient (Wildman–Crippen LogP) is 0.626. The zero-order chi connectivity index (χ0) is 16.3. The minimum atomic E-state index is -0.217. The van der Waals surface area contributed by atoms with E-state index in [0.29, 0.717) is 18.9 Å². The van der Waals surface area contributed by atoms with Gasteiger partial charge in [-0.3, -0.25) is 4.90 Å². The lowest BCUT2D eigenvalue weighted by Gasteiger charge is -2.27. The van der Waals surface area contributed by atoms with Gasteiger partial charge in [-0.25, -0.2) is 4.79 Å². The Labute approximate surface area is 137 Å². The third-order valence-corrected chi connectivity index (χ3v) is 3.53. The molecule has 1 heterocycles. The first-order valence-electron chi connectivity index (χ1n) is 8.08. The van der Waals surface area contributed by atoms with Crippen LogP contribution in [0.25, 0.3) is 0 Å². The molecule has 3 N–H and O–H groups in total. The molecule has 7 nitrogen and oxygen atoms in total. The van der Waals surface area contributed by atoms with E-state index in [1.807, 2.05) is 31.2 Å². The van der Waals surface area contributed by atoms with Gasteiger partial charge in [0.2, 0.25) is 0 Å². The molecule has 2 rings (SSSR count). The van der Waals surface area contributed by atoms with Gasteiger partial charge in [-0.05, 0) is 31.2 Å². The van der Waals surface area contributed by atoms with Crippen molar-refractivity contribution >= 4 is 6.03 Å². The van der Waals surface area contributed by atoms with Crippen LogP contribution in [0.1, 0.15) is 6.92 Å². The lowest BCUT2D eigenvalue weighted by Crippen LogP contribution is -2.47. The first-order chi connectivity index (χ1) is 11.3. The Morgan fingerprint density at radius 3 is 2.43 bits per heavy atom. The molecule has 0 spiro atoms. The van der Waals surface area contributed by atoms with Gasteiger partial charge in [0.05, 0.1) is 6.61 Å². The number of nitrogens with one attached hydrogen (secondary N) is 3. The molecular weight excluding hydrogens is 296 g/mol. The summed E-state index contributed by atoms with van der Waals surface area (Å²) in [6.45, 7) is 8.31. The molecule has 0 aliphatic carbocycles. The normalized spacial score (nSPS) is 15.0. The quantitative estimate of drug-likeness (QED) is 0.612. The van der Waals surface area contributed by atoms with Crippen LogP contribution in [-0.2, 0) is 0 Å². The molecule has 23 heavy (non-hydrogen) atoms. The minimum Gasteiger partial charge on any atom is -0.494 e. The molecule has 0 bridgehead atoms. The third-order valence-electron chi connectivity index (χ3n) is 3.53. The van der Waals surface area contributed by atoms with Crippen LogP contribution in [0.15, 0.2) is 24.3 Å². The van der Waals surface area contributed by atoms with Gasteiger partial charge in [0.15, 0.2) is 6.73 Å². The van der Waals surface area contributed by atoms with Crippen molar-refractivity contribution in [1.29, 1.82) is 0 Å². The smallest absolute Gasteiger partial charge is 0.317 e. The number of nitrogens with zero attached hydrogens (tertiary/aromatic N) is 1. The highest BCUT2D eigenvalue weighted by atomic mass is 16.5. The van der Waals surface area contributed by atoms with E-state index in [1.165, 1.54) is 0 Å². The summed E-state index contributed by atoms with van der Waals surface area (Å²) >= 11 is 0. The fourth-order valence-electron chi connectivity index (χ4n) is 2.31. The number of piperazine rings is 1. The fourth-order valence-corrected chi connectivity index (χ4v) is 2.31. The van der Waals surface area contributed by atoms with Crippen molar-refractivity contribution in [1.82, 2.24) is 20.9 Å². The number of hydrogen-bond acceptors (Lipinski definition) is 5. The van der Waals surface area contributed by atoms with Crippen molar-refractivity contribution in [2.45, 2.75) is 6.92 Å². The lowest BCUT2D eigenvalue weighted by molar-refractivity contribution is 0.216. The molecule has 2 amide bonds. The summed E-state index contributed by atoms with van der Waals surface area (Å²) in [5, 5.41) is 8.81. The summed E-state index contributed by atoms with van der Waals surface area (Å²) in [5.74, 6) is 1.49. The van der Waals surface area contributed by atoms with Crippen LogP contribution in [0, 0.1) is 0 Å². The molecule has 1 aromatic carbocycles. The molecule has 1 fully saturated rings. The highest BCUT2D eigenvalue weighted by Gasteiger charge is 2.09. The maximum Gasteiger partial charge on any atom is 0.317 e. The predicted molar refractivity (Wildman–Crippen MR) is 89.0 cm³/mol. The monoisotopic (exact) mass is 322 g/mol. The van der Waals surface area contributed by atoms with E-state index in [0.717, 1.165) is 38.5 Å². The summed E-state index contributed by atoms with van der Waals surface area (Å²) in [7, 11) is 0. The second-order valence-corrected chi connectivity index (χ2v) is 5.22. The van der Waals surface area contributed by atoms with E-state index >= 15 is 0 Å². The van der Waals surface area contributed by atoms with Crippen molar-refractivity contribution in [2.24, 2.45) is 0 Å². The molecule has 1 aliphatic rings. The number of benzene rings is 1. The van der Waals surface area contributed by atoms with E-state index in [2.05, 4.69) is 20.9 Å². The van der Waals surface area contributed by atoms with Crippen LogP contribution < -0.4 is 25.4 Å². The third kappa shape index (κ3) is 6.75. The van der Waals surface area contributed by atoms with Crippen LogP contribution in [-0.4, -0.2) is 63.5 Å². The Kier molecular flexibility index (Phi) is 7.48. The van der Waals surface area contributed by atoms with Crippen LogP contribution in [0.4, 0.5) is 4.79 Å². The minimum absolute atomic E-state index is 0.132. The molecule has 1 aromatic rings. The molecule has 1 saturated heterocycles. The fraction of sp³-hybridized carbons (Fsp3) is 0.562. The number of rotatable bonds is 8. The number of carbonyl (C=O) groups excluding carboxylic acids is 1. The first-order valence-corrected chi connectivity index (χ1v) is 8.08. The van der Waals surface area contributed by atoms with Crippen LogP contribution >= 0.6 is 0 Å². The zero-order valence-corrected chi connectivity index (χ0v) is 13.6. The molecule has 128 valence electrons. The number of carbonyl (C=O) groups is 1. The molecule has 0 unspecified atom stereocenters. The Bertz CT molecular complexity index is 461. The number of amides is 2. The Morgan fingerprint density at radius 2 is 1.78 bits per heavy atom. The maximum absolute atomic E-state index is 11.7.